The number of aryl methyl sites for hydroxylation is 2. The summed E-state index contributed by atoms with van der Waals surface area (Å²) >= 11 is 0. The van der Waals surface area contributed by atoms with Gasteiger partial charge in [-0.15, -0.1) is 0 Å². The molecule has 3 heteroatoms. The number of fused-ring (bicyclic) bond motifs is 1. The summed E-state index contributed by atoms with van der Waals surface area (Å²) < 4.78 is 18.5. The van der Waals surface area contributed by atoms with E-state index >= 15 is 0 Å². The molecule has 0 spiro atoms. The number of halogens is 1. The van der Waals surface area contributed by atoms with Crippen LogP contribution in [0.25, 0.3) is 10.9 Å². The Labute approximate surface area is 87.7 Å². The van der Waals surface area contributed by atoms with Gasteiger partial charge in [-0.3, -0.25) is 0 Å². The third-order valence-electron chi connectivity index (χ3n) is 2.38. The molecule has 0 aliphatic rings. The Bertz CT molecular complexity index is 523. The number of rotatable bonds is 1. The van der Waals surface area contributed by atoms with E-state index in [1.54, 1.807) is 20.1 Å². The highest BCUT2D eigenvalue weighted by atomic mass is 19.1. The maximum absolute atomic E-state index is 13.3. The van der Waals surface area contributed by atoms with Crippen LogP contribution in [0.4, 0.5) is 4.39 Å². The maximum Gasteiger partial charge on any atom is 0.216 e. The van der Waals surface area contributed by atoms with Crippen molar-refractivity contribution in [2.45, 2.75) is 13.8 Å². The van der Waals surface area contributed by atoms with Gasteiger partial charge in [0.2, 0.25) is 5.95 Å². The Morgan fingerprint density at radius 1 is 1.20 bits per heavy atom. The minimum Gasteiger partial charge on any atom is -0.494 e. The Hall–Kier alpha value is -1.64. The van der Waals surface area contributed by atoms with Crippen molar-refractivity contribution >= 4 is 10.9 Å². The molecule has 1 aromatic heterocycles. The lowest BCUT2D eigenvalue weighted by atomic mass is 10.1. The van der Waals surface area contributed by atoms with E-state index < -0.39 is 5.95 Å². The van der Waals surface area contributed by atoms with Crippen LogP contribution < -0.4 is 4.74 Å². The molecule has 0 saturated heterocycles. The van der Waals surface area contributed by atoms with Crippen molar-refractivity contribution < 1.29 is 9.13 Å². The Morgan fingerprint density at radius 3 is 2.60 bits per heavy atom. The smallest absolute Gasteiger partial charge is 0.216 e. The zero-order chi connectivity index (χ0) is 11.0. The summed E-state index contributed by atoms with van der Waals surface area (Å²) in [5, 5.41) is 0.908. The molecule has 2 rings (SSSR count). The molecule has 78 valence electrons. The summed E-state index contributed by atoms with van der Waals surface area (Å²) in [6.45, 7) is 3.68. The number of pyridine rings is 1. The Balaban J connectivity index is 2.84. The first kappa shape index (κ1) is 9.90. The summed E-state index contributed by atoms with van der Waals surface area (Å²) in [7, 11) is 1.56. The quantitative estimate of drug-likeness (QED) is 0.668. The van der Waals surface area contributed by atoms with Crippen LogP contribution in [0.1, 0.15) is 11.1 Å². The number of hydrogen-bond donors (Lipinski definition) is 0. The monoisotopic (exact) mass is 205 g/mol. The molecule has 15 heavy (non-hydrogen) atoms. The summed E-state index contributed by atoms with van der Waals surface area (Å²) in [4.78, 5) is 3.90. The molecule has 0 aliphatic heterocycles. The standard InChI is InChI=1S/C12H12FNO/c1-7-4-9-6-8(2)12(13)14-11(9)10(5-7)15-3/h4-6H,1-3H3. The van der Waals surface area contributed by atoms with Crippen molar-refractivity contribution in [2.75, 3.05) is 7.11 Å². The molecule has 0 atom stereocenters. The lowest BCUT2D eigenvalue weighted by Gasteiger charge is -2.07. The van der Waals surface area contributed by atoms with E-state index in [2.05, 4.69) is 4.98 Å². The molecule has 0 saturated carbocycles. The van der Waals surface area contributed by atoms with Crippen LogP contribution in [0.5, 0.6) is 5.75 Å². The van der Waals surface area contributed by atoms with Crippen LogP contribution in [0.2, 0.25) is 0 Å². The molecule has 0 bridgehead atoms. The van der Waals surface area contributed by atoms with Gasteiger partial charge in [0.1, 0.15) is 11.3 Å². The van der Waals surface area contributed by atoms with Crippen molar-refractivity contribution in [3.05, 3.63) is 35.3 Å². The van der Waals surface area contributed by atoms with Gasteiger partial charge in [0, 0.05) is 10.9 Å². The largest absolute Gasteiger partial charge is 0.494 e. The fourth-order valence-electron chi connectivity index (χ4n) is 1.64. The highest BCUT2D eigenvalue weighted by Crippen LogP contribution is 2.26. The molecular weight excluding hydrogens is 193 g/mol. The first-order valence-electron chi connectivity index (χ1n) is 4.73. The van der Waals surface area contributed by atoms with Crippen LogP contribution in [0, 0.1) is 19.8 Å². The van der Waals surface area contributed by atoms with Crippen LogP contribution >= 0.6 is 0 Å². The summed E-state index contributed by atoms with van der Waals surface area (Å²) in [5.74, 6) is 0.175. The second kappa shape index (κ2) is 3.50. The van der Waals surface area contributed by atoms with Crippen molar-refractivity contribution in [3.8, 4) is 5.75 Å². The van der Waals surface area contributed by atoms with Crippen molar-refractivity contribution in [3.63, 3.8) is 0 Å². The van der Waals surface area contributed by atoms with Gasteiger partial charge in [0.25, 0.3) is 0 Å². The van der Waals surface area contributed by atoms with Gasteiger partial charge < -0.3 is 4.74 Å². The van der Waals surface area contributed by atoms with Gasteiger partial charge in [0.15, 0.2) is 0 Å². The van der Waals surface area contributed by atoms with Crippen LogP contribution in [-0.4, -0.2) is 12.1 Å². The molecule has 2 nitrogen and oxygen atoms in total. The molecule has 0 N–H and O–H groups in total. The van der Waals surface area contributed by atoms with Crippen molar-refractivity contribution in [1.82, 2.24) is 4.98 Å². The normalized spacial score (nSPS) is 10.7. The number of aromatic nitrogens is 1. The number of ether oxygens (including phenoxy) is 1. The summed E-state index contributed by atoms with van der Waals surface area (Å²) in [6, 6.07) is 5.61. The highest BCUT2D eigenvalue weighted by molar-refractivity contribution is 5.85. The van der Waals surface area contributed by atoms with Gasteiger partial charge in [-0.05, 0) is 37.6 Å². The molecular formula is C12H12FNO. The third-order valence-corrected chi connectivity index (χ3v) is 2.38. The zero-order valence-corrected chi connectivity index (χ0v) is 8.97. The van der Waals surface area contributed by atoms with Crippen LogP contribution in [0.15, 0.2) is 18.2 Å². The van der Waals surface area contributed by atoms with Gasteiger partial charge in [-0.1, -0.05) is 0 Å². The lowest BCUT2D eigenvalue weighted by molar-refractivity contribution is 0.418. The van der Waals surface area contributed by atoms with E-state index in [9.17, 15) is 4.39 Å². The van der Waals surface area contributed by atoms with Crippen molar-refractivity contribution in [1.29, 1.82) is 0 Å². The van der Waals surface area contributed by atoms with E-state index in [0.717, 1.165) is 10.9 Å². The fraction of sp³-hybridized carbons (Fsp3) is 0.250. The molecule has 1 aromatic carbocycles. The third kappa shape index (κ3) is 1.65. The predicted molar refractivity (Wildman–Crippen MR) is 57.7 cm³/mol. The van der Waals surface area contributed by atoms with Gasteiger partial charge in [-0.2, -0.15) is 4.39 Å². The van der Waals surface area contributed by atoms with E-state index in [4.69, 9.17) is 4.74 Å². The van der Waals surface area contributed by atoms with Crippen molar-refractivity contribution in [2.24, 2.45) is 0 Å². The number of benzene rings is 1. The van der Waals surface area contributed by atoms with Crippen LogP contribution in [-0.2, 0) is 0 Å². The van der Waals surface area contributed by atoms with Gasteiger partial charge in [0.05, 0.1) is 7.11 Å². The average molecular weight is 205 g/mol. The van der Waals surface area contributed by atoms with E-state index in [1.807, 2.05) is 19.1 Å². The first-order chi connectivity index (χ1) is 7.11. The molecule has 2 aromatic rings. The van der Waals surface area contributed by atoms with E-state index in [0.29, 0.717) is 16.8 Å². The number of hydrogen-bond acceptors (Lipinski definition) is 2. The molecule has 1 heterocycles. The average Bonchev–Trinajstić information content (AvgIpc) is 2.19. The minimum atomic E-state index is -0.440. The highest BCUT2D eigenvalue weighted by Gasteiger charge is 2.07. The zero-order valence-electron chi connectivity index (χ0n) is 8.97. The lowest BCUT2D eigenvalue weighted by Crippen LogP contribution is -1.93. The summed E-state index contributed by atoms with van der Waals surface area (Å²) in [5.41, 5.74) is 2.20. The minimum absolute atomic E-state index is 0.440. The number of methoxy groups -OCH3 is 1. The number of nitrogens with zero attached hydrogens (tertiary/aromatic N) is 1. The SMILES string of the molecule is COc1cc(C)cc2cc(C)c(F)nc12. The first-order valence-corrected chi connectivity index (χ1v) is 4.73. The molecule has 0 radical (unpaired) electrons. The van der Waals surface area contributed by atoms with Gasteiger partial charge >= 0.3 is 0 Å². The molecule has 0 aliphatic carbocycles. The predicted octanol–water partition coefficient (Wildman–Crippen LogP) is 3.00. The van der Waals surface area contributed by atoms with Gasteiger partial charge in [-0.25, -0.2) is 4.98 Å². The van der Waals surface area contributed by atoms with E-state index in [1.165, 1.54) is 0 Å². The topological polar surface area (TPSA) is 22.1 Å². The Kier molecular flexibility index (Phi) is 2.31. The van der Waals surface area contributed by atoms with Crippen LogP contribution in [0.3, 0.4) is 0 Å². The second-order valence-corrected chi connectivity index (χ2v) is 3.63. The molecule has 0 amide bonds. The maximum atomic E-state index is 13.3. The van der Waals surface area contributed by atoms with E-state index in [-0.39, 0.29) is 0 Å². The molecule has 0 fully saturated rings. The summed E-state index contributed by atoms with van der Waals surface area (Å²) in [6.07, 6.45) is 0. The Morgan fingerprint density at radius 2 is 1.93 bits per heavy atom. The molecule has 0 unspecified atom stereocenters. The second-order valence-electron chi connectivity index (χ2n) is 3.63. The fourth-order valence-corrected chi connectivity index (χ4v) is 1.64.